The summed E-state index contributed by atoms with van der Waals surface area (Å²) in [4.78, 5) is 30.6. The fraction of sp³-hybridized carbons (Fsp3) is 0.261. The fourth-order valence-corrected chi connectivity index (χ4v) is 4.72. The van der Waals surface area contributed by atoms with Crippen LogP contribution < -0.4 is 16.4 Å². The average Bonchev–Trinajstić information content (AvgIpc) is 3.19. The Morgan fingerprint density at radius 2 is 1.80 bits per heavy atom. The van der Waals surface area contributed by atoms with E-state index in [0.717, 1.165) is 5.52 Å². The number of nitrogens with zero attached hydrogens (tertiary/aromatic N) is 5. The lowest BCUT2D eigenvalue weighted by atomic mass is 10.1. The molecular weight excluding hydrogens is 466 g/mol. The maximum atomic E-state index is 12.9. The minimum absolute atomic E-state index is 0.0602. The summed E-state index contributed by atoms with van der Waals surface area (Å²) in [5, 5.41) is 6.07. The topological polar surface area (TPSA) is 165 Å². The van der Waals surface area contributed by atoms with Crippen LogP contribution in [-0.4, -0.2) is 46.4 Å². The van der Waals surface area contributed by atoms with Crippen molar-refractivity contribution in [2.24, 2.45) is 12.8 Å². The molecule has 0 fully saturated rings. The van der Waals surface area contributed by atoms with Crippen LogP contribution in [0.4, 0.5) is 17.3 Å². The molecule has 182 valence electrons. The van der Waals surface area contributed by atoms with Crippen molar-refractivity contribution in [2.45, 2.75) is 30.4 Å². The molecule has 11 nitrogen and oxygen atoms in total. The van der Waals surface area contributed by atoms with Crippen molar-refractivity contribution in [2.75, 3.05) is 17.7 Å². The Bertz CT molecular complexity index is 1540. The van der Waals surface area contributed by atoms with Crippen molar-refractivity contribution in [3.63, 3.8) is 0 Å². The first kappa shape index (κ1) is 24.1. The molecule has 12 heteroatoms. The Labute approximate surface area is 203 Å². The highest BCUT2D eigenvalue weighted by Gasteiger charge is 2.27. The van der Waals surface area contributed by atoms with Crippen LogP contribution in [0.2, 0.25) is 0 Å². The number of rotatable bonds is 6. The highest BCUT2D eigenvalue weighted by molar-refractivity contribution is 7.93. The van der Waals surface area contributed by atoms with E-state index in [2.05, 4.69) is 30.6 Å². The number of anilines is 3. The van der Waals surface area contributed by atoms with Crippen molar-refractivity contribution >= 4 is 44.0 Å². The zero-order valence-electron chi connectivity index (χ0n) is 20.1. The molecule has 1 amide bonds. The minimum Gasteiger partial charge on any atom is -0.371 e. The molecule has 4 rings (SSSR count). The standard InChI is InChI=1S/C23H27N9O2S/c1-23(2,3)35(25,34)14-8-6-13(7-9-14)29-22-19(20(24)33)30-18(21(26-4)31-22)15-10-27-11-16-17(15)28-12-32(16)5/h6-12,25H,1-5H3,(H2,24,33)(H2,26,29,31). The number of nitrogens with one attached hydrogen (secondary N) is 3. The summed E-state index contributed by atoms with van der Waals surface area (Å²) in [6, 6.07) is 6.60. The number of aryl methyl sites for hydroxylation is 1. The Hall–Kier alpha value is -4.06. The summed E-state index contributed by atoms with van der Waals surface area (Å²) >= 11 is 0. The van der Waals surface area contributed by atoms with Crippen molar-refractivity contribution in [1.29, 1.82) is 4.78 Å². The Balaban J connectivity index is 1.78. The van der Waals surface area contributed by atoms with Gasteiger partial charge in [-0.1, -0.05) is 0 Å². The van der Waals surface area contributed by atoms with Crippen LogP contribution >= 0.6 is 0 Å². The quantitative estimate of drug-likeness (QED) is 0.317. The van der Waals surface area contributed by atoms with Crippen LogP contribution in [0.1, 0.15) is 31.3 Å². The van der Waals surface area contributed by atoms with Gasteiger partial charge in [0.15, 0.2) is 17.3 Å². The van der Waals surface area contributed by atoms with Crippen molar-refractivity contribution in [1.82, 2.24) is 24.5 Å². The van der Waals surface area contributed by atoms with Gasteiger partial charge in [0.05, 0.1) is 33.3 Å². The number of carbonyl (C=O) groups is 1. The molecule has 0 aliphatic carbocycles. The van der Waals surface area contributed by atoms with Gasteiger partial charge in [0.1, 0.15) is 11.2 Å². The number of fused-ring (bicyclic) bond motifs is 1. The molecule has 0 bridgehead atoms. The number of nitrogens with two attached hydrogens (primary N) is 1. The normalized spacial score (nSPS) is 13.4. The largest absolute Gasteiger partial charge is 0.371 e. The summed E-state index contributed by atoms with van der Waals surface area (Å²) < 4.78 is 22.4. The lowest BCUT2D eigenvalue weighted by Crippen LogP contribution is -2.26. The second-order valence-electron chi connectivity index (χ2n) is 8.96. The number of carbonyl (C=O) groups excluding carboxylic acids is 1. The number of hydrogen-bond acceptors (Lipinski definition) is 9. The summed E-state index contributed by atoms with van der Waals surface area (Å²) in [5.41, 5.74) is 8.62. The van der Waals surface area contributed by atoms with E-state index >= 15 is 0 Å². The van der Waals surface area contributed by atoms with Crippen LogP contribution in [-0.2, 0) is 16.8 Å². The highest BCUT2D eigenvalue weighted by atomic mass is 32.2. The van der Waals surface area contributed by atoms with Crippen LogP contribution in [0.3, 0.4) is 0 Å². The molecule has 0 aliphatic heterocycles. The second kappa shape index (κ2) is 8.62. The number of imidazole rings is 1. The first-order valence-electron chi connectivity index (χ1n) is 10.7. The van der Waals surface area contributed by atoms with Gasteiger partial charge in [-0.25, -0.2) is 23.9 Å². The molecule has 0 aliphatic rings. The molecule has 35 heavy (non-hydrogen) atoms. The number of benzene rings is 1. The van der Waals surface area contributed by atoms with Gasteiger partial charge < -0.3 is 20.9 Å². The third-order valence-corrected chi connectivity index (χ3v) is 8.23. The van der Waals surface area contributed by atoms with Gasteiger partial charge in [0.25, 0.3) is 5.91 Å². The van der Waals surface area contributed by atoms with Gasteiger partial charge in [-0.15, -0.1) is 0 Å². The predicted octanol–water partition coefficient (Wildman–Crippen LogP) is 3.51. The van der Waals surface area contributed by atoms with Crippen molar-refractivity contribution in [3.05, 3.63) is 48.7 Å². The molecule has 4 aromatic rings. The van der Waals surface area contributed by atoms with Gasteiger partial charge in [0, 0.05) is 35.6 Å². The number of primary amides is 1. The van der Waals surface area contributed by atoms with E-state index < -0.39 is 20.4 Å². The van der Waals surface area contributed by atoms with Crippen LogP contribution in [0.5, 0.6) is 0 Å². The summed E-state index contributed by atoms with van der Waals surface area (Å²) in [5.74, 6) is -0.207. The van der Waals surface area contributed by atoms with Crippen LogP contribution in [0.25, 0.3) is 22.3 Å². The first-order valence-corrected chi connectivity index (χ1v) is 12.3. The van der Waals surface area contributed by atoms with Gasteiger partial charge in [-0.2, -0.15) is 0 Å². The van der Waals surface area contributed by atoms with E-state index in [9.17, 15) is 9.00 Å². The molecule has 0 saturated heterocycles. The summed E-state index contributed by atoms with van der Waals surface area (Å²) in [7, 11) is 0.550. The van der Waals surface area contributed by atoms with E-state index in [-0.39, 0.29) is 11.5 Å². The lowest BCUT2D eigenvalue weighted by Gasteiger charge is -2.22. The van der Waals surface area contributed by atoms with Crippen molar-refractivity contribution in [3.8, 4) is 11.3 Å². The third-order valence-electron chi connectivity index (χ3n) is 5.57. The minimum atomic E-state index is -3.00. The number of pyridine rings is 1. The Kier molecular flexibility index (Phi) is 5.93. The summed E-state index contributed by atoms with van der Waals surface area (Å²) in [6.07, 6.45) is 4.98. The molecule has 0 saturated carbocycles. The van der Waals surface area contributed by atoms with E-state index in [4.69, 9.17) is 10.5 Å². The Morgan fingerprint density at radius 1 is 1.11 bits per heavy atom. The highest BCUT2D eigenvalue weighted by Crippen LogP contribution is 2.33. The van der Waals surface area contributed by atoms with E-state index in [1.807, 2.05) is 11.6 Å². The number of hydrogen-bond donors (Lipinski definition) is 4. The zero-order valence-corrected chi connectivity index (χ0v) is 20.9. The monoisotopic (exact) mass is 493 g/mol. The van der Waals surface area contributed by atoms with E-state index in [0.29, 0.717) is 33.2 Å². The third kappa shape index (κ3) is 4.28. The SMILES string of the molecule is CNc1nc(Nc2ccc(S(=N)(=O)C(C)(C)C)cc2)c(C(N)=O)nc1-c1cncc2c1ncn2C. The molecule has 3 heterocycles. The number of aromatic nitrogens is 5. The van der Waals surface area contributed by atoms with E-state index in [1.165, 1.54) is 0 Å². The fourth-order valence-electron chi connectivity index (χ4n) is 3.49. The molecular formula is C23H27N9O2S. The average molecular weight is 494 g/mol. The number of amides is 1. The molecule has 1 atom stereocenters. The predicted molar refractivity (Wildman–Crippen MR) is 136 cm³/mol. The van der Waals surface area contributed by atoms with Gasteiger partial charge in [0.2, 0.25) is 0 Å². The van der Waals surface area contributed by atoms with E-state index in [1.54, 1.807) is 70.8 Å². The van der Waals surface area contributed by atoms with Crippen LogP contribution in [0, 0.1) is 4.78 Å². The van der Waals surface area contributed by atoms with Gasteiger partial charge >= 0.3 is 0 Å². The van der Waals surface area contributed by atoms with Gasteiger partial charge in [-0.3, -0.25) is 9.78 Å². The van der Waals surface area contributed by atoms with Crippen molar-refractivity contribution < 1.29 is 9.00 Å². The van der Waals surface area contributed by atoms with Gasteiger partial charge in [-0.05, 0) is 45.0 Å². The second-order valence-corrected chi connectivity index (χ2v) is 11.8. The molecule has 1 unspecified atom stereocenters. The maximum absolute atomic E-state index is 12.9. The molecule has 3 aromatic heterocycles. The smallest absolute Gasteiger partial charge is 0.271 e. The maximum Gasteiger partial charge on any atom is 0.271 e. The zero-order chi connectivity index (χ0) is 25.5. The molecule has 0 radical (unpaired) electrons. The Morgan fingerprint density at radius 3 is 2.40 bits per heavy atom. The first-order chi connectivity index (χ1) is 16.4. The summed E-state index contributed by atoms with van der Waals surface area (Å²) in [6.45, 7) is 5.31. The molecule has 0 spiro atoms. The molecule has 5 N–H and O–H groups in total. The van der Waals surface area contributed by atoms with Crippen LogP contribution in [0.15, 0.2) is 47.9 Å². The lowest BCUT2D eigenvalue weighted by molar-refractivity contribution is 0.0996. The molecule has 1 aromatic carbocycles.